The molecule has 1 aromatic rings. The Bertz CT molecular complexity index is 1310. The molecule has 3 N–H and O–H groups in total. The summed E-state index contributed by atoms with van der Waals surface area (Å²) in [4.78, 5) is 39.7. The molecule has 0 aromatic carbocycles. The van der Waals surface area contributed by atoms with Crippen molar-refractivity contribution in [1.82, 2.24) is 0 Å². The van der Waals surface area contributed by atoms with E-state index in [-0.39, 0.29) is 31.5 Å². The molecule has 3 heterocycles. The minimum absolute atomic E-state index is 0.0205. The summed E-state index contributed by atoms with van der Waals surface area (Å²) in [7, 11) is 0. The van der Waals surface area contributed by atoms with E-state index in [4.69, 9.17) is 23.4 Å². The van der Waals surface area contributed by atoms with Crippen molar-refractivity contribution < 1.29 is 53.1 Å². The SMILES string of the molecule is CC(=O)OC1C(=O)C2C(C)(C(O)CC3[C@]24CO[C@@H](O)[C@]3(C)C(OC(C)=O)CC4O)C23OC2CC(c2ccoc2)C13C. The third-order valence-corrected chi connectivity index (χ3v) is 12.6. The largest absolute Gasteiger partial charge is 0.472 e. The van der Waals surface area contributed by atoms with Crippen molar-refractivity contribution in [2.45, 2.75) is 102 Å². The summed E-state index contributed by atoms with van der Waals surface area (Å²) in [5.41, 5.74) is -4.93. The first-order valence-corrected chi connectivity index (χ1v) is 14.5. The fourth-order valence-electron chi connectivity index (χ4n) is 11.0. The minimum Gasteiger partial charge on any atom is -0.472 e. The molecular formula is C30H38O11. The van der Waals surface area contributed by atoms with Crippen molar-refractivity contribution in [2.75, 3.05) is 6.61 Å². The Balaban J connectivity index is 1.44. The van der Waals surface area contributed by atoms with Gasteiger partial charge in [-0.1, -0.05) is 20.8 Å². The normalized spacial score (nSPS) is 54.7. The average molecular weight is 575 g/mol. The molecule has 11 unspecified atom stereocenters. The number of fused-ring (bicyclic) bond motifs is 1. The lowest BCUT2D eigenvalue weighted by Gasteiger charge is -2.73. The summed E-state index contributed by atoms with van der Waals surface area (Å²) in [5.74, 6) is -3.56. The first kappa shape index (κ1) is 27.5. The molecule has 0 amide bonds. The van der Waals surface area contributed by atoms with Gasteiger partial charge in [0.15, 0.2) is 18.2 Å². The van der Waals surface area contributed by atoms with Crippen LogP contribution < -0.4 is 0 Å². The monoisotopic (exact) mass is 574 g/mol. The zero-order chi connectivity index (χ0) is 29.5. The molecular weight excluding hydrogens is 536 g/mol. The topological polar surface area (TPSA) is 165 Å². The van der Waals surface area contributed by atoms with Crippen LogP contribution >= 0.6 is 0 Å². The number of hydrogen-bond donors (Lipinski definition) is 3. The highest BCUT2D eigenvalue weighted by Crippen LogP contribution is 2.82. The van der Waals surface area contributed by atoms with Gasteiger partial charge in [0.05, 0.1) is 48.3 Å². The van der Waals surface area contributed by atoms with Crippen LogP contribution in [-0.2, 0) is 33.3 Å². The molecule has 1 aromatic heterocycles. The fraction of sp³-hybridized carbons (Fsp3) is 0.767. The summed E-state index contributed by atoms with van der Waals surface area (Å²) in [6.45, 7) is 7.85. The van der Waals surface area contributed by atoms with Crippen molar-refractivity contribution in [3.05, 3.63) is 24.2 Å². The molecule has 2 saturated heterocycles. The Morgan fingerprint density at radius 3 is 2.32 bits per heavy atom. The molecule has 6 fully saturated rings. The van der Waals surface area contributed by atoms with E-state index in [0.29, 0.717) is 6.42 Å². The molecule has 4 saturated carbocycles. The van der Waals surface area contributed by atoms with E-state index in [1.54, 1.807) is 19.5 Å². The van der Waals surface area contributed by atoms with Gasteiger partial charge >= 0.3 is 11.9 Å². The average Bonchev–Trinajstić information content (AvgIpc) is 3.26. The number of Topliss-reactive ketones (excluding diaryl/α,β-unsaturated/α-hetero) is 1. The number of hydrogen-bond acceptors (Lipinski definition) is 11. The summed E-state index contributed by atoms with van der Waals surface area (Å²) in [6, 6.07) is 1.84. The number of carbonyl (C=O) groups excluding carboxylic acids is 3. The number of ketones is 1. The van der Waals surface area contributed by atoms with Crippen LogP contribution in [0, 0.1) is 33.5 Å². The molecule has 6 aliphatic rings. The number of aliphatic hydroxyl groups is 3. The molecule has 41 heavy (non-hydrogen) atoms. The van der Waals surface area contributed by atoms with Gasteiger partial charge in [0.25, 0.3) is 0 Å². The minimum atomic E-state index is -1.36. The quantitative estimate of drug-likeness (QED) is 0.354. The third kappa shape index (κ3) is 2.85. The Morgan fingerprint density at radius 1 is 0.976 bits per heavy atom. The first-order valence-electron chi connectivity index (χ1n) is 14.5. The molecule has 11 heteroatoms. The van der Waals surface area contributed by atoms with Gasteiger partial charge in [0, 0.05) is 42.9 Å². The maximum absolute atomic E-state index is 15.0. The van der Waals surface area contributed by atoms with E-state index >= 15 is 4.79 Å². The lowest BCUT2D eigenvalue weighted by Crippen LogP contribution is -2.82. The molecule has 0 radical (unpaired) electrons. The van der Waals surface area contributed by atoms with Crippen molar-refractivity contribution in [2.24, 2.45) is 33.5 Å². The van der Waals surface area contributed by atoms with Gasteiger partial charge in [-0.3, -0.25) is 14.4 Å². The second-order valence-corrected chi connectivity index (χ2v) is 13.9. The second kappa shape index (κ2) is 8.19. The zero-order valence-electron chi connectivity index (χ0n) is 23.9. The van der Waals surface area contributed by atoms with Crippen molar-refractivity contribution in [3.63, 3.8) is 0 Å². The third-order valence-electron chi connectivity index (χ3n) is 12.6. The van der Waals surface area contributed by atoms with Gasteiger partial charge in [-0.15, -0.1) is 0 Å². The van der Waals surface area contributed by atoms with Gasteiger partial charge in [0.1, 0.15) is 11.7 Å². The van der Waals surface area contributed by atoms with E-state index in [0.717, 1.165) is 5.56 Å². The standard InChI is InChI=1S/C30H38O11/c1-13(31)39-20-10-19(34)29-12-38-25(36)26(20,3)17(29)9-18(33)28(5)23(29)22(35)24(40-14(2)32)27(4)16(15-6-7-37-11-15)8-21-30(27,28)41-21/h6-7,11,16-21,23-25,33-34,36H,8-10,12H2,1-5H3/t16?,17?,18?,19?,20?,21?,23?,24?,25-,26+,27?,28?,29+,30?/m1/s1. The van der Waals surface area contributed by atoms with Crippen molar-refractivity contribution >= 4 is 17.7 Å². The fourth-order valence-corrected chi connectivity index (χ4v) is 11.0. The number of rotatable bonds is 3. The Morgan fingerprint density at radius 2 is 1.68 bits per heavy atom. The summed E-state index contributed by atoms with van der Waals surface area (Å²) >= 11 is 0. The van der Waals surface area contributed by atoms with E-state index < -0.39 is 87.5 Å². The van der Waals surface area contributed by atoms with Gasteiger partial charge in [-0.25, -0.2) is 0 Å². The molecule has 14 atom stereocenters. The highest BCUT2D eigenvalue weighted by atomic mass is 16.6. The molecule has 224 valence electrons. The highest BCUT2D eigenvalue weighted by molar-refractivity contribution is 5.93. The summed E-state index contributed by atoms with van der Waals surface area (Å²) in [6.07, 6.45) is -2.27. The summed E-state index contributed by atoms with van der Waals surface area (Å²) < 4.78 is 29.5. The molecule has 4 aliphatic carbocycles. The van der Waals surface area contributed by atoms with Crippen LogP contribution in [0.1, 0.15) is 65.4 Å². The van der Waals surface area contributed by atoms with E-state index in [9.17, 15) is 24.9 Å². The molecule has 2 bridgehead atoms. The van der Waals surface area contributed by atoms with Gasteiger partial charge in [-0.05, 0) is 30.4 Å². The number of furan rings is 1. The second-order valence-electron chi connectivity index (χ2n) is 13.9. The predicted octanol–water partition coefficient (Wildman–Crippen LogP) is 1.47. The van der Waals surface area contributed by atoms with Crippen LogP contribution in [0.3, 0.4) is 0 Å². The molecule has 7 rings (SSSR count). The first-order chi connectivity index (χ1) is 19.2. The Hall–Kier alpha value is -2.31. The van der Waals surface area contributed by atoms with Crippen LogP contribution in [0.5, 0.6) is 0 Å². The number of ether oxygens (including phenoxy) is 4. The zero-order valence-corrected chi connectivity index (χ0v) is 23.9. The van der Waals surface area contributed by atoms with E-state index in [1.165, 1.54) is 13.8 Å². The van der Waals surface area contributed by atoms with E-state index in [2.05, 4.69) is 0 Å². The predicted molar refractivity (Wildman–Crippen MR) is 137 cm³/mol. The van der Waals surface area contributed by atoms with Crippen LogP contribution in [0.15, 0.2) is 23.0 Å². The van der Waals surface area contributed by atoms with Crippen molar-refractivity contribution in [1.29, 1.82) is 0 Å². The van der Waals surface area contributed by atoms with Crippen LogP contribution in [0.4, 0.5) is 0 Å². The van der Waals surface area contributed by atoms with Crippen LogP contribution in [-0.4, -0.2) is 82.1 Å². The lowest BCUT2D eigenvalue weighted by atomic mass is 9.33. The number of esters is 2. The Labute approximate surface area is 237 Å². The number of aliphatic hydroxyl groups excluding tert-OH is 3. The smallest absolute Gasteiger partial charge is 0.303 e. The van der Waals surface area contributed by atoms with Crippen LogP contribution in [0.2, 0.25) is 0 Å². The number of carbonyl (C=O) groups is 3. The van der Waals surface area contributed by atoms with E-state index in [1.807, 2.05) is 19.9 Å². The Kier molecular flexibility index (Phi) is 5.50. The highest BCUT2D eigenvalue weighted by Gasteiger charge is 2.92. The number of epoxide rings is 1. The van der Waals surface area contributed by atoms with Gasteiger partial charge in [0.2, 0.25) is 0 Å². The van der Waals surface area contributed by atoms with Crippen LogP contribution in [0.25, 0.3) is 0 Å². The van der Waals surface area contributed by atoms with Gasteiger partial charge < -0.3 is 38.7 Å². The lowest BCUT2D eigenvalue weighted by molar-refractivity contribution is -0.373. The molecule has 1 spiro atoms. The molecule has 11 nitrogen and oxygen atoms in total. The van der Waals surface area contributed by atoms with Crippen molar-refractivity contribution in [3.8, 4) is 0 Å². The maximum Gasteiger partial charge on any atom is 0.303 e. The summed E-state index contributed by atoms with van der Waals surface area (Å²) in [5, 5.41) is 35.4. The maximum atomic E-state index is 15.0. The van der Waals surface area contributed by atoms with Gasteiger partial charge in [-0.2, -0.15) is 0 Å². The molecule has 2 aliphatic heterocycles.